The van der Waals surface area contributed by atoms with Crippen molar-refractivity contribution >= 4 is 21.7 Å². The third kappa shape index (κ3) is 3.91. The van der Waals surface area contributed by atoms with Crippen LogP contribution in [0.2, 0.25) is 0 Å². The molecular formula is C17H22BrFO. The minimum absolute atomic E-state index is 0.0108. The summed E-state index contributed by atoms with van der Waals surface area (Å²) in [6, 6.07) is 4.61. The van der Waals surface area contributed by atoms with Crippen LogP contribution in [0.4, 0.5) is 4.39 Å². The number of hydrogen-bond donors (Lipinski definition) is 0. The van der Waals surface area contributed by atoms with E-state index in [0.717, 1.165) is 36.1 Å². The van der Waals surface area contributed by atoms with Gasteiger partial charge in [-0.25, -0.2) is 4.39 Å². The Morgan fingerprint density at radius 3 is 2.65 bits per heavy atom. The van der Waals surface area contributed by atoms with Crippen molar-refractivity contribution in [2.45, 2.75) is 51.9 Å². The third-order valence-electron chi connectivity index (χ3n) is 4.38. The van der Waals surface area contributed by atoms with Crippen molar-refractivity contribution in [2.75, 3.05) is 0 Å². The summed E-state index contributed by atoms with van der Waals surface area (Å²) < 4.78 is 14.5. The fourth-order valence-corrected chi connectivity index (χ4v) is 3.47. The number of carbonyl (C=O) groups is 1. The molecule has 1 aromatic carbocycles. The molecule has 110 valence electrons. The molecule has 0 atom stereocenters. The molecule has 1 nitrogen and oxygen atoms in total. The van der Waals surface area contributed by atoms with Gasteiger partial charge >= 0.3 is 0 Å². The van der Waals surface area contributed by atoms with Gasteiger partial charge in [-0.1, -0.05) is 42.1 Å². The van der Waals surface area contributed by atoms with Gasteiger partial charge in [0, 0.05) is 10.4 Å². The molecule has 1 aliphatic carbocycles. The Bertz CT molecular complexity index is 464. The van der Waals surface area contributed by atoms with Gasteiger partial charge in [-0.05, 0) is 49.8 Å². The molecule has 0 bridgehead atoms. The number of benzene rings is 1. The van der Waals surface area contributed by atoms with Crippen LogP contribution in [0.25, 0.3) is 0 Å². The van der Waals surface area contributed by atoms with Crippen LogP contribution in [0, 0.1) is 17.7 Å². The first-order valence-corrected chi connectivity index (χ1v) is 8.40. The van der Waals surface area contributed by atoms with E-state index in [-0.39, 0.29) is 17.3 Å². The largest absolute Gasteiger partial charge is 0.294 e. The smallest absolute Gasteiger partial charge is 0.168 e. The highest BCUT2D eigenvalue weighted by Gasteiger charge is 2.28. The second-order valence-corrected chi connectivity index (χ2v) is 6.76. The lowest BCUT2D eigenvalue weighted by atomic mass is 9.77. The van der Waals surface area contributed by atoms with E-state index >= 15 is 0 Å². The minimum atomic E-state index is -0.397. The maximum Gasteiger partial charge on any atom is 0.168 e. The van der Waals surface area contributed by atoms with Gasteiger partial charge in [0.05, 0.1) is 5.56 Å². The van der Waals surface area contributed by atoms with Crippen LogP contribution >= 0.6 is 15.9 Å². The zero-order chi connectivity index (χ0) is 14.5. The van der Waals surface area contributed by atoms with Crippen molar-refractivity contribution in [3.63, 3.8) is 0 Å². The highest BCUT2D eigenvalue weighted by molar-refractivity contribution is 9.10. The number of rotatable bonds is 5. The Morgan fingerprint density at radius 2 is 2.00 bits per heavy atom. The van der Waals surface area contributed by atoms with Crippen LogP contribution in [0.5, 0.6) is 0 Å². The van der Waals surface area contributed by atoms with E-state index in [9.17, 15) is 9.18 Å². The lowest BCUT2D eigenvalue weighted by molar-refractivity contribution is 0.0865. The summed E-state index contributed by atoms with van der Waals surface area (Å²) >= 11 is 3.31. The second-order valence-electron chi connectivity index (χ2n) is 5.85. The van der Waals surface area contributed by atoms with Crippen LogP contribution in [0.3, 0.4) is 0 Å². The molecule has 0 aliphatic heterocycles. The predicted octanol–water partition coefficient (Wildman–Crippen LogP) is 5.77. The summed E-state index contributed by atoms with van der Waals surface area (Å²) in [6.07, 6.45) is 7.87. The SMILES string of the molecule is CCCCC1CCC(C(=O)c2cc(Br)ccc2F)CC1. The molecule has 0 aromatic heterocycles. The van der Waals surface area contributed by atoms with Crippen molar-refractivity contribution in [1.82, 2.24) is 0 Å². The van der Waals surface area contributed by atoms with Gasteiger partial charge in [0.1, 0.15) is 5.82 Å². The van der Waals surface area contributed by atoms with Crippen molar-refractivity contribution in [3.05, 3.63) is 34.1 Å². The summed E-state index contributed by atoms with van der Waals surface area (Å²) in [5.74, 6) is 0.368. The van der Waals surface area contributed by atoms with Crippen LogP contribution in [0.15, 0.2) is 22.7 Å². The highest BCUT2D eigenvalue weighted by Crippen LogP contribution is 2.34. The second kappa shape index (κ2) is 7.35. The molecule has 0 heterocycles. The zero-order valence-electron chi connectivity index (χ0n) is 12.0. The molecule has 1 aromatic rings. The first kappa shape index (κ1) is 15.7. The molecule has 1 saturated carbocycles. The van der Waals surface area contributed by atoms with Crippen LogP contribution in [0.1, 0.15) is 62.2 Å². The first-order valence-electron chi connectivity index (χ1n) is 7.61. The van der Waals surface area contributed by atoms with Crippen molar-refractivity contribution < 1.29 is 9.18 Å². The van der Waals surface area contributed by atoms with Crippen molar-refractivity contribution in [1.29, 1.82) is 0 Å². The molecule has 3 heteroatoms. The quantitative estimate of drug-likeness (QED) is 0.622. The Balaban J connectivity index is 1.96. The molecule has 0 N–H and O–H groups in total. The normalized spacial score (nSPS) is 22.8. The van der Waals surface area contributed by atoms with E-state index in [4.69, 9.17) is 0 Å². The number of ketones is 1. The van der Waals surface area contributed by atoms with E-state index < -0.39 is 5.82 Å². The molecule has 1 aliphatic rings. The maximum atomic E-state index is 13.8. The van der Waals surface area contributed by atoms with Crippen LogP contribution in [-0.2, 0) is 0 Å². The first-order chi connectivity index (χ1) is 9.61. The zero-order valence-corrected chi connectivity index (χ0v) is 13.6. The summed E-state index contributed by atoms with van der Waals surface area (Å²) in [7, 11) is 0. The van der Waals surface area contributed by atoms with E-state index in [1.807, 2.05) is 0 Å². The highest BCUT2D eigenvalue weighted by atomic mass is 79.9. The van der Waals surface area contributed by atoms with Gasteiger partial charge in [0.25, 0.3) is 0 Å². The van der Waals surface area contributed by atoms with E-state index in [1.54, 1.807) is 12.1 Å². The fourth-order valence-electron chi connectivity index (χ4n) is 3.11. The fraction of sp³-hybridized carbons (Fsp3) is 0.588. The molecule has 0 unspecified atom stereocenters. The van der Waals surface area contributed by atoms with E-state index in [1.165, 1.54) is 25.3 Å². The Kier molecular flexibility index (Phi) is 5.76. The molecule has 0 spiro atoms. The lowest BCUT2D eigenvalue weighted by Gasteiger charge is -2.27. The molecule has 1 fully saturated rings. The minimum Gasteiger partial charge on any atom is -0.294 e. The Hall–Kier alpha value is -0.700. The van der Waals surface area contributed by atoms with Crippen molar-refractivity contribution in [3.8, 4) is 0 Å². The standard InChI is InChI=1S/C17H22BrFO/c1-2-3-4-12-5-7-13(8-6-12)17(20)15-11-14(18)9-10-16(15)19/h9-13H,2-8H2,1H3. The van der Waals surface area contributed by atoms with Crippen molar-refractivity contribution in [2.24, 2.45) is 11.8 Å². The molecule has 0 radical (unpaired) electrons. The molecule has 20 heavy (non-hydrogen) atoms. The number of hydrogen-bond acceptors (Lipinski definition) is 1. The van der Waals surface area contributed by atoms with Gasteiger partial charge in [-0.2, -0.15) is 0 Å². The van der Waals surface area contributed by atoms with Gasteiger partial charge in [-0.15, -0.1) is 0 Å². The average Bonchev–Trinajstić information content (AvgIpc) is 2.47. The van der Waals surface area contributed by atoms with Gasteiger partial charge in [0.15, 0.2) is 5.78 Å². The Morgan fingerprint density at radius 1 is 1.30 bits per heavy atom. The number of carbonyl (C=O) groups excluding carboxylic acids is 1. The lowest BCUT2D eigenvalue weighted by Crippen LogP contribution is -2.22. The van der Waals surface area contributed by atoms with Gasteiger partial charge in [0.2, 0.25) is 0 Å². The molecular weight excluding hydrogens is 319 g/mol. The predicted molar refractivity (Wildman–Crippen MR) is 83.4 cm³/mol. The topological polar surface area (TPSA) is 17.1 Å². The van der Waals surface area contributed by atoms with Crippen LogP contribution < -0.4 is 0 Å². The van der Waals surface area contributed by atoms with Gasteiger partial charge < -0.3 is 0 Å². The van der Waals surface area contributed by atoms with Crippen LogP contribution in [-0.4, -0.2) is 5.78 Å². The number of Topliss-reactive ketones (excluding diaryl/α,β-unsaturated/α-hetero) is 1. The third-order valence-corrected chi connectivity index (χ3v) is 4.87. The van der Waals surface area contributed by atoms with E-state index in [2.05, 4.69) is 22.9 Å². The summed E-state index contributed by atoms with van der Waals surface area (Å²) in [4.78, 5) is 12.4. The molecule has 0 saturated heterocycles. The summed E-state index contributed by atoms with van der Waals surface area (Å²) in [5.41, 5.74) is 0.247. The summed E-state index contributed by atoms with van der Waals surface area (Å²) in [5, 5.41) is 0. The maximum absolute atomic E-state index is 13.8. The molecule has 0 amide bonds. The number of halogens is 2. The van der Waals surface area contributed by atoms with E-state index in [0.29, 0.717) is 0 Å². The monoisotopic (exact) mass is 340 g/mol. The average molecular weight is 341 g/mol. The summed E-state index contributed by atoms with van der Waals surface area (Å²) in [6.45, 7) is 2.21. The number of unbranched alkanes of at least 4 members (excludes halogenated alkanes) is 1. The van der Waals surface area contributed by atoms with Gasteiger partial charge in [-0.3, -0.25) is 4.79 Å². The Labute approximate surface area is 129 Å². The molecule has 2 rings (SSSR count).